The quantitative estimate of drug-likeness (QED) is 0.412. The molecule has 0 radical (unpaired) electrons. The summed E-state index contributed by atoms with van der Waals surface area (Å²) >= 11 is 0. The number of hydrogen-bond acceptors (Lipinski definition) is 4. The second-order valence-electron chi connectivity index (χ2n) is 7.09. The molecule has 0 saturated carbocycles. The van der Waals surface area contributed by atoms with Gasteiger partial charge in [-0.2, -0.15) is 0 Å². The van der Waals surface area contributed by atoms with E-state index >= 15 is 0 Å². The van der Waals surface area contributed by atoms with E-state index in [0.717, 1.165) is 69.8 Å². The third kappa shape index (κ3) is 6.19. The van der Waals surface area contributed by atoms with Gasteiger partial charge in [0.15, 0.2) is 0 Å². The van der Waals surface area contributed by atoms with Crippen LogP contribution in [0, 0.1) is 0 Å². The van der Waals surface area contributed by atoms with Gasteiger partial charge in [0, 0.05) is 13.1 Å². The monoisotopic (exact) mass is 366 g/mol. The Morgan fingerprint density at radius 2 is 1.52 bits per heavy atom. The number of rotatable bonds is 9. The van der Waals surface area contributed by atoms with E-state index in [9.17, 15) is 5.21 Å². The predicted molar refractivity (Wildman–Crippen MR) is 110 cm³/mol. The van der Waals surface area contributed by atoms with Crippen LogP contribution in [0.4, 0.5) is 0 Å². The second kappa shape index (κ2) is 10.9. The van der Waals surface area contributed by atoms with Gasteiger partial charge < -0.3 is 9.94 Å². The number of hydrogen-bond donors (Lipinski definition) is 1. The molecule has 0 atom stereocenters. The molecule has 1 aliphatic heterocycles. The molecule has 0 aromatic heterocycles. The molecule has 1 aliphatic rings. The Morgan fingerprint density at radius 3 is 2.19 bits per heavy atom. The highest BCUT2D eigenvalue weighted by Crippen LogP contribution is 2.16. The lowest BCUT2D eigenvalue weighted by atomic mass is 9.96. The van der Waals surface area contributed by atoms with Gasteiger partial charge in [0.25, 0.3) is 0 Å². The van der Waals surface area contributed by atoms with Crippen LogP contribution in [0.5, 0.6) is 0 Å². The van der Waals surface area contributed by atoms with E-state index in [0.29, 0.717) is 0 Å². The van der Waals surface area contributed by atoms with E-state index < -0.39 is 0 Å². The maximum atomic E-state index is 9.35. The lowest BCUT2D eigenvalue weighted by molar-refractivity contribution is 0.0374. The molecule has 0 spiro atoms. The van der Waals surface area contributed by atoms with Crippen LogP contribution in [0.25, 0.3) is 0 Å². The molecule has 144 valence electrons. The van der Waals surface area contributed by atoms with Crippen molar-refractivity contribution in [2.45, 2.75) is 32.1 Å². The topological polar surface area (TPSA) is 45.1 Å². The molecule has 1 heterocycles. The van der Waals surface area contributed by atoms with Gasteiger partial charge in [-0.15, -0.1) is 0 Å². The molecule has 3 rings (SSSR count). The molecule has 0 amide bonds. The van der Waals surface area contributed by atoms with Crippen LogP contribution in [0.1, 0.15) is 36.0 Å². The molecular formula is C23H30N2O2. The summed E-state index contributed by atoms with van der Waals surface area (Å²) in [5.41, 5.74) is 4.64. The van der Waals surface area contributed by atoms with E-state index in [-0.39, 0.29) is 0 Å². The largest absolute Gasteiger partial charge is 0.411 e. The number of benzene rings is 2. The van der Waals surface area contributed by atoms with Crippen LogP contribution in [-0.4, -0.2) is 48.7 Å². The lowest BCUT2D eigenvalue weighted by Crippen LogP contribution is -2.36. The van der Waals surface area contributed by atoms with E-state index in [1.807, 2.05) is 30.3 Å². The molecular weight excluding hydrogens is 336 g/mol. The van der Waals surface area contributed by atoms with E-state index in [4.69, 9.17) is 4.74 Å². The van der Waals surface area contributed by atoms with Gasteiger partial charge in [-0.1, -0.05) is 59.8 Å². The second-order valence-corrected chi connectivity index (χ2v) is 7.09. The van der Waals surface area contributed by atoms with Crippen molar-refractivity contribution in [2.24, 2.45) is 5.16 Å². The Labute approximate surface area is 162 Å². The minimum atomic E-state index is 0.764. The molecule has 1 N–H and O–H groups in total. The summed E-state index contributed by atoms with van der Waals surface area (Å²) in [5, 5.41) is 12.9. The van der Waals surface area contributed by atoms with Gasteiger partial charge in [-0.25, -0.2) is 0 Å². The van der Waals surface area contributed by atoms with Crippen LogP contribution in [0.3, 0.4) is 0 Å². The van der Waals surface area contributed by atoms with E-state index in [1.54, 1.807) is 0 Å². The first-order chi connectivity index (χ1) is 13.4. The summed E-state index contributed by atoms with van der Waals surface area (Å²) in [7, 11) is 0. The molecule has 0 bridgehead atoms. The smallest absolute Gasteiger partial charge is 0.0867 e. The average molecular weight is 367 g/mol. The van der Waals surface area contributed by atoms with Gasteiger partial charge in [-0.3, -0.25) is 4.90 Å². The van der Waals surface area contributed by atoms with Crippen LogP contribution in [-0.2, 0) is 17.6 Å². The first kappa shape index (κ1) is 19.6. The molecule has 0 unspecified atom stereocenters. The van der Waals surface area contributed by atoms with Crippen molar-refractivity contribution in [3.05, 3.63) is 71.3 Å². The number of aryl methyl sites for hydroxylation is 2. The zero-order chi connectivity index (χ0) is 18.7. The van der Waals surface area contributed by atoms with Gasteiger partial charge in [-0.05, 0) is 55.3 Å². The van der Waals surface area contributed by atoms with Gasteiger partial charge in [0.1, 0.15) is 0 Å². The molecule has 4 nitrogen and oxygen atoms in total. The molecule has 27 heavy (non-hydrogen) atoms. The fourth-order valence-corrected chi connectivity index (χ4v) is 3.69. The molecule has 1 saturated heterocycles. The Kier molecular flexibility index (Phi) is 7.87. The minimum Gasteiger partial charge on any atom is -0.411 e. The highest BCUT2D eigenvalue weighted by Gasteiger charge is 2.10. The van der Waals surface area contributed by atoms with Crippen molar-refractivity contribution < 1.29 is 9.94 Å². The first-order valence-electron chi connectivity index (χ1n) is 10.00. The highest BCUT2D eigenvalue weighted by atomic mass is 16.5. The van der Waals surface area contributed by atoms with E-state index in [1.165, 1.54) is 17.5 Å². The normalized spacial score (nSPS) is 15.8. The number of oxime groups is 1. The van der Waals surface area contributed by atoms with Crippen LogP contribution >= 0.6 is 0 Å². The Hall–Kier alpha value is -2.17. The zero-order valence-electron chi connectivity index (χ0n) is 16.0. The molecule has 0 aliphatic carbocycles. The Balaban J connectivity index is 1.48. The number of nitrogens with zero attached hydrogens (tertiary/aromatic N) is 2. The predicted octanol–water partition coefficient (Wildman–Crippen LogP) is 4.15. The standard InChI is InChI=1S/C23H30N2O2/c26-24-23(22-10-2-1-3-11-22)14-6-12-20-8-4-5-9-21(20)13-7-15-25-16-18-27-19-17-25/h1-5,8-11,26H,6-7,12-19H2. The highest BCUT2D eigenvalue weighted by molar-refractivity contribution is 6.00. The molecule has 2 aromatic carbocycles. The van der Waals surface area contributed by atoms with Crippen LogP contribution < -0.4 is 0 Å². The summed E-state index contributed by atoms with van der Waals surface area (Å²) in [6, 6.07) is 18.7. The zero-order valence-corrected chi connectivity index (χ0v) is 16.0. The SMILES string of the molecule is ON=C(CCCc1ccccc1CCCN1CCOCC1)c1ccccc1. The maximum absolute atomic E-state index is 9.35. The van der Waals surface area contributed by atoms with Gasteiger partial charge in [0.05, 0.1) is 18.9 Å². The Bertz CT molecular complexity index is 709. The van der Waals surface area contributed by atoms with Crippen molar-refractivity contribution in [2.75, 3.05) is 32.8 Å². The lowest BCUT2D eigenvalue weighted by Gasteiger charge is -2.26. The fraction of sp³-hybridized carbons (Fsp3) is 0.435. The fourth-order valence-electron chi connectivity index (χ4n) is 3.69. The maximum Gasteiger partial charge on any atom is 0.0867 e. The summed E-state index contributed by atoms with van der Waals surface area (Å²) in [6.45, 7) is 5.00. The summed E-state index contributed by atoms with van der Waals surface area (Å²) in [4.78, 5) is 2.50. The summed E-state index contributed by atoms with van der Waals surface area (Å²) < 4.78 is 5.42. The molecule has 4 heteroatoms. The first-order valence-corrected chi connectivity index (χ1v) is 10.00. The van der Waals surface area contributed by atoms with Crippen molar-refractivity contribution in [3.63, 3.8) is 0 Å². The third-order valence-corrected chi connectivity index (χ3v) is 5.23. The van der Waals surface area contributed by atoms with Crippen molar-refractivity contribution in [3.8, 4) is 0 Å². The molecule has 2 aromatic rings. The van der Waals surface area contributed by atoms with Crippen molar-refractivity contribution in [1.29, 1.82) is 0 Å². The van der Waals surface area contributed by atoms with Crippen LogP contribution in [0.2, 0.25) is 0 Å². The van der Waals surface area contributed by atoms with Gasteiger partial charge in [0.2, 0.25) is 0 Å². The van der Waals surface area contributed by atoms with E-state index in [2.05, 4.69) is 34.3 Å². The summed E-state index contributed by atoms with van der Waals surface area (Å²) in [5.74, 6) is 0. The van der Waals surface area contributed by atoms with Gasteiger partial charge >= 0.3 is 0 Å². The minimum absolute atomic E-state index is 0.764. The Morgan fingerprint density at radius 1 is 0.889 bits per heavy atom. The van der Waals surface area contributed by atoms with Crippen LogP contribution in [0.15, 0.2) is 59.8 Å². The summed E-state index contributed by atoms with van der Waals surface area (Å²) in [6.07, 6.45) is 5.08. The number of ether oxygens (including phenoxy) is 1. The molecule has 1 fully saturated rings. The van der Waals surface area contributed by atoms with Crippen molar-refractivity contribution >= 4 is 5.71 Å². The average Bonchev–Trinajstić information content (AvgIpc) is 2.74. The third-order valence-electron chi connectivity index (χ3n) is 5.23. The number of morpholine rings is 1. The van der Waals surface area contributed by atoms with Crippen molar-refractivity contribution in [1.82, 2.24) is 4.90 Å².